The Morgan fingerprint density at radius 2 is 1.87 bits per heavy atom. The Hall–Kier alpha value is -3.67. The predicted octanol–water partition coefficient (Wildman–Crippen LogP) is 3.14. The normalized spacial score (nSPS) is 15.9. The Morgan fingerprint density at radius 3 is 2.70 bits per heavy atom. The molecule has 0 fully saturated rings. The molecule has 0 saturated heterocycles. The van der Waals surface area contributed by atoms with E-state index in [1.54, 1.807) is 6.07 Å². The zero-order valence-corrected chi connectivity index (χ0v) is 16.7. The van der Waals surface area contributed by atoms with Gasteiger partial charge in [0, 0.05) is 25.0 Å². The first-order valence-corrected chi connectivity index (χ1v) is 10.1. The van der Waals surface area contributed by atoms with E-state index in [0.29, 0.717) is 17.4 Å². The van der Waals surface area contributed by atoms with Crippen molar-refractivity contribution in [1.29, 1.82) is 0 Å². The van der Waals surface area contributed by atoms with Crippen LogP contribution in [0, 0.1) is 6.92 Å². The molecule has 30 heavy (non-hydrogen) atoms. The molecule has 0 aliphatic carbocycles. The number of benzene rings is 2. The molecule has 1 aliphatic rings. The minimum Gasteiger partial charge on any atom is -0.348 e. The molecule has 2 aromatic heterocycles. The van der Waals surface area contributed by atoms with Gasteiger partial charge in [0.1, 0.15) is 6.54 Å². The van der Waals surface area contributed by atoms with Crippen molar-refractivity contribution in [3.05, 3.63) is 100 Å². The minimum absolute atomic E-state index is 0.0280. The number of fused-ring (bicyclic) bond motifs is 2. The lowest BCUT2D eigenvalue weighted by Gasteiger charge is -2.37. The van der Waals surface area contributed by atoms with Crippen LogP contribution in [-0.2, 0) is 17.9 Å². The van der Waals surface area contributed by atoms with Crippen molar-refractivity contribution < 1.29 is 4.79 Å². The number of nitrogens with zero attached hydrogens (tertiary/aromatic N) is 4. The minimum atomic E-state index is -0.186. The van der Waals surface area contributed by atoms with Crippen LogP contribution >= 0.6 is 0 Å². The Labute approximate surface area is 174 Å². The van der Waals surface area contributed by atoms with Crippen molar-refractivity contribution in [3.63, 3.8) is 0 Å². The molecule has 1 amide bonds. The van der Waals surface area contributed by atoms with Gasteiger partial charge in [-0.05, 0) is 36.2 Å². The second-order valence-electron chi connectivity index (χ2n) is 7.68. The van der Waals surface area contributed by atoms with E-state index in [4.69, 9.17) is 0 Å². The van der Waals surface area contributed by atoms with E-state index in [1.807, 2.05) is 66.6 Å². The molecule has 1 aliphatic heterocycles. The summed E-state index contributed by atoms with van der Waals surface area (Å²) in [5, 5.41) is 0.539. The Kier molecular flexibility index (Phi) is 4.47. The number of carbonyl (C=O) groups excluding carboxylic acids is 1. The summed E-state index contributed by atoms with van der Waals surface area (Å²) in [7, 11) is 0. The lowest BCUT2D eigenvalue weighted by molar-refractivity contribution is -0.134. The zero-order valence-electron chi connectivity index (χ0n) is 16.7. The zero-order chi connectivity index (χ0) is 20.7. The molecule has 3 heterocycles. The smallest absolute Gasteiger partial charge is 0.261 e. The summed E-state index contributed by atoms with van der Waals surface area (Å²) in [4.78, 5) is 32.6. The van der Waals surface area contributed by atoms with Crippen molar-refractivity contribution in [2.75, 3.05) is 6.54 Å². The summed E-state index contributed by atoms with van der Waals surface area (Å²) in [6.45, 7) is 3.23. The number of carbonyl (C=O) groups is 1. The predicted molar refractivity (Wildman–Crippen MR) is 115 cm³/mol. The van der Waals surface area contributed by atoms with Crippen molar-refractivity contribution in [3.8, 4) is 0 Å². The number of hydrogen-bond acceptors (Lipinski definition) is 3. The van der Waals surface area contributed by atoms with Crippen LogP contribution < -0.4 is 5.56 Å². The van der Waals surface area contributed by atoms with Gasteiger partial charge in [0.15, 0.2) is 0 Å². The summed E-state index contributed by atoms with van der Waals surface area (Å²) in [6.07, 6.45) is 3.53. The topological polar surface area (TPSA) is 60.1 Å². The van der Waals surface area contributed by atoms with Gasteiger partial charge in [0.25, 0.3) is 5.56 Å². The van der Waals surface area contributed by atoms with Crippen LogP contribution in [0.15, 0.2) is 78.0 Å². The maximum absolute atomic E-state index is 13.4. The van der Waals surface area contributed by atoms with E-state index in [9.17, 15) is 9.59 Å². The molecule has 5 rings (SSSR count). The van der Waals surface area contributed by atoms with E-state index in [1.165, 1.54) is 10.9 Å². The molecule has 0 bridgehead atoms. The van der Waals surface area contributed by atoms with E-state index in [2.05, 4.69) is 15.6 Å². The molecule has 0 spiro atoms. The molecule has 1 unspecified atom stereocenters. The largest absolute Gasteiger partial charge is 0.348 e. The number of aromatic nitrogens is 3. The number of hydrogen-bond donors (Lipinski definition) is 0. The van der Waals surface area contributed by atoms with E-state index in [0.717, 1.165) is 23.4 Å². The van der Waals surface area contributed by atoms with Gasteiger partial charge in [-0.3, -0.25) is 14.2 Å². The van der Waals surface area contributed by atoms with Gasteiger partial charge < -0.3 is 9.47 Å². The standard InChI is InChI=1S/C24H22N4O2/c1-17-7-5-10-19-22(17)25-16-27(24(19)30)15-21(29)28-14-13-26-12-6-11-20(26)23(28)18-8-3-2-4-9-18/h2-12,16,23H,13-15H2,1H3. The van der Waals surface area contributed by atoms with E-state index in [-0.39, 0.29) is 24.1 Å². The second-order valence-corrected chi connectivity index (χ2v) is 7.68. The van der Waals surface area contributed by atoms with Crippen molar-refractivity contribution >= 4 is 16.8 Å². The summed E-state index contributed by atoms with van der Waals surface area (Å²) in [5.41, 5.74) is 3.59. The molecular formula is C24H22N4O2. The highest BCUT2D eigenvalue weighted by Gasteiger charge is 2.32. The maximum Gasteiger partial charge on any atom is 0.261 e. The maximum atomic E-state index is 13.4. The third-order valence-electron chi connectivity index (χ3n) is 5.83. The van der Waals surface area contributed by atoms with Crippen molar-refractivity contribution in [2.24, 2.45) is 0 Å². The third kappa shape index (κ3) is 3.01. The first-order chi connectivity index (χ1) is 14.6. The van der Waals surface area contributed by atoms with Crippen LogP contribution in [0.2, 0.25) is 0 Å². The van der Waals surface area contributed by atoms with Crippen LogP contribution in [-0.4, -0.2) is 31.5 Å². The molecule has 0 radical (unpaired) electrons. The van der Waals surface area contributed by atoms with Gasteiger partial charge in [-0.1, -0.05) is 42.5 Å². The molecule has 0 saturated carbocycles. The number of rotatable bonds is 3. The number of para-hydroxylation sites is 1. The molecule has 6 nitrogen and oxygen atoms in total. The third-order valence-corrected chi connectivity index (χ3v) is 5.83. The molecule has 4 aromatic rings. The van der Waals surface area contributed by atoms with Gasteiger partial charge >= 0.3 is 0 Å². The lowest BCUT2D eigenvalue weighted by Crippen LogP contribution is -2.44. The van der Waals surface area contributed by atoms with E-state index >= 15 is 0 Å². The fraction of sp³-hybridized carbons (Fsp3) is 0.208. The Balaban J connectivity index is 1.51. The van der Waals surface area contributed by atoms with Gasteiger partial charge in [0.2, 0.25) is 5.91 Å². The molecule has 1 atom stereocenters. The van der Waals surface area contributed by atoms with Crippen LogP contribution in [0.25, 0.3) is 10.9 Å². The summed E-state index contributed by atoms with van der Waals surface area (Å²) < 4.78 is 3.60. The molecule has 0 N–H and O–H groups in total. The molecule has 150 valence electrons. The second kappa shape index (κ2) is 7.30. The first-order valence-electron chi connectivity index (χ1n) is 10.1. The monoisotopic (exact) mass is 398 g/mol. The van der Waals surface area contributed by atoms with Crippen LogP contribution in [0.4, 0.5) is 0 Å². The SMILES string of the molecule is Cc1cccc2c(=O)n(CC(=O)N3CCn4cccc4C3c3ccccc3)cnc12. The highest BCUT2D eigenvalue weighted by molar-refractivity contribution is 5.81. The molecular weight excluding hydrogens is 376 g/mol. The first kappa shape index (κ1) is 18.4. The summed E-state index contributed by atoms with van der Waals surface area (Å²) in [5.74, 6) is -0.0905. The Bertz CT molecular complexity index is 1290. The van der Waals surface area contributed by atoms with Gasteiger partial charge in [-0.2, -0.15) is 0 Å². The Morgan fingerprint density at radius 1 is 1.03 bits per heavy atom. The van der Waals surface area contributed by atoms with Crippen LogP contribution in [0.5, 0.6) is 0 Å². The number of aryl methyl sites for hydroxylation is 1. The van der Waals surface area contributed by atoms with Crippen molar-refractivity contribution in [1.82, 2.24) is 19.0 Å². The average Bonchev–Trinajstić information content (AvgIpc) is 3.25. The van der Waals surface area contributed by atoms with Crippen molar-refractivity contribution in [2.45, 2.75) is 26.1 Å². The highest BCUT2D eigenvalue weighted by Crippen LogP contribution is 2.32. The summed E-state index contributed by atoms with van der Waals surface area (Å²) in [6, 6.07) is 19.5. The lowest BCUT2D eigenvalue weighted by atomic mass is 10.00. The van der Waals surface area contributed by atoms with Crippen LogP contribution in [0.3, 0.4) is 0 Å². The average molecular weight is 398 g/mol. The number of amides is 1. The van der Waals surface area contributed by atoms with Gasteiger partial charge in [-0.25, -0.2) is 4.98 Å². The molecule has 2 aromatic carbocycles. The highest BCUT2D eigenvalue weighted by atomic mass is 16.2. The fourth-order valence-corrected chi connectivity index (χ4v) is 4.32. The van der Waals surface area contributed by atoms with Crippen LogP contribution in [0.1, 0.15) is 22.9 Å². The van der Waals surface area contributed by atoms with Gasteiger partial charge in [0.05, 0.1) is 23.3 Å². The quantitative estimate of drug-likeness (QED) is 0.533. The summed E-state index contributed by atoms with van der Waals surface area (Å²) >= 11 is 0. The van der Waals surface area contributed by atoms with E-state index < -0.39 is 0 Å². The fourth-order valence-electron chi connectivity index (χ4n) is 4.32. The van der Waals surface area contributed by atoms with Gasteiger partial charge in [-0.15, -0.1) is 0 Å². The molecule has 6 heteroatoms.